The fraction of sp³-hybridized carbons (Fsp3) is 0.143. The normalized spacial score (nSPS) is 17.0. The molecule has 3 aromatic rings. The van der Waals surface area contributed by atoms with E-state index in [1.54, 1.807) is 24.3 Å². The van der Waals surface area contributed by atoms with Crippen LogP contribution in [-0.2, 0) is 4.79 Å². The molecule has 2 aliphatic heterocycles. The van der Waals surface area contributed by atoms with Crippen molar-refractivity contribution in [3.63, 3.8) is 0 Å². The zero-order valence-electron chi connectivity index (χ0n) is 14.9. The largest absolute Gasteiger partial charge is 0.477 e. The van der Waals surface area contributed by atoms with Crippen molar-refractivity contribution < 1.29 is 24.2 Å². The van der Waals surface area contributed by atoms with Gasteiger partial charge in [0.1, 0.15) is 4.88 Å². The molecule has 0 radical (unpaired) electrons. The second-order valence-corrected chi connectivity index (χ2v) is 8.26. The van der Waals surface area contributed by atoms with Gasteiger partial charge in [-0.15, -0.1) is 11.3 Å². The third kappa shape index (κ3) is 3.03. The number of nitrogens with one attached hydrogen (secondary N) is 1. The summed E-state index contributed by atoms with van der Waals surface area (Å²) in [4.78, 5) is 25.5. The summed E-state index contributed by atoms with van der Waals surface area (Å²) < 4.78 is 10.8. The highest BCUT2D eigenvalue weighted by Crippen LogP contribution is 2.50. The summed E-state index contributed by atoms with van der Waals surface area (Å²) in [6.07, 6.45) is 0.228. The van der Waals surface area contributed by atoms with Gasteiger partial charge < -0.3 is 19.9 Å². The Morgan fingerprint density at radius 1 is 1.14 bits per heavy atom. The monoisotopic (exact) mass is 427 g/mol. The van der Waals surface area contributed by atoms with Gasteiger partial charge in [0.25, 0.3) is 0 Å². The topological polar surface area (TPSA) is 84.9 Å². The summed E-state index contributed by atoms with van der Waals surface area (Å²) in [5, 5.41) is 13.3. The van der Waals surface area contributed by atoms with Crippen LogP contribution in [-0.4, -0.2) is 23.8 Å². The summed E-state index contributed by atoms with van der Waals surface area (Å²) in [5.74, 6) is -0.174. The zero-order chi connectivity index (χ0) is 20.1. The Morgan fingerprint density at radius 2 is 1.90 bits per heavy atom. The fourth-order valence-corrected chi connectivity index (χ4v) is 5.10. The van der Waals surface area contributed by atoms with Crippen molar-refractivity contribution in [2.24, 2.45) is 0 Å². The Balaban J connectivity index is 1.68. The molecule has 0 fully saturated rings. The van der Waals surface area contributed by atoms with Crippen LogP contribution in [0, 0.1) is 0 Å². The van der Waals surface area contributed by atoms with Crippen molar-refractivity contribution in [1.82, 2.24) is 0 Å². The molecular weight excluding hydrogens is 414 g/mol. The van der Waals surface area contributed by atoms with E-state index in [0.717, 1.165) is 10.4 Å². The molecule has 29 heavy (non-hydrogen) atoms. The fourth-order valence-electron chi connectivity index (χ4n) is 3.73. The van der Waals surface area contributed by atoms with E-state index < -0.39 is 5.97 Å². The number of carbonyl (C=O) groups excluding carboxylic acids is 1. The second-order valence-electron chi connectivity index (χ2n) is 6.78. The van der Waals surface area contributed by atoms with Crippen molar-refractivity contribution in [2.45, 2.75) is 12.3 Å². The maximum absolute atomic E-state index is 12.5. The number of benzene rings is 2. The van der Waals surface area contributed by atoms with Crippen molar-refractivity contribution in [3.8, 4) is 22.6 Å². The third-order valence-electron chi connectivity index (χ3n) is 5.03. The molecule has 1 unspecified atom stereocenters. The highest BCUT2D eigenvalue weighted by atomic mass is 35.5. The first-order valence-corrected chi connectivity index (χ1v) is 10.1. The number of ether oxygens (including phenoxy) is 2. The predicted molar refractivity (Wildman–Crippen MR) is 109 cm³/mol. The molecule has 2 aromatic carbocycles. The maximum atomic E-state index is 12.5. The number of hydrogen-bond donors (Lipinski definition) is 2. The number of hydrogen-bond acceptors (Lipinski definition) is 5. The number of carboxylic acids is 1. The van der Waals surface area contributed by atoms with E-state index in [-0.39, 0.29) is 29.9 Å². The van der Waals surface area contributed by atoms with Crippen LogP contribution in [0.1, 0.15) is 32.5 Å². The minimum Gasteiger partial charge on any atom is -0.477 e. The number of carboxylic acid groups (broad SMARTS) is 1. The van der Waals surface area contributed by atoms with Crippen LogP contribution in [0.3, 0.4) is 0 Å². The Hall–Kier alpha value is -3.03. The van der Waals surface area contributed by atoms with E-state index in [2.05, 4.69) is 5.32 Å². The second kappa shape index (κ2) is 6.79. The molecule has 2 N–H and O–H groups in total. The lowest BCUT2D eigenvalue weighted by Crippen LogP contribution is -2.22. The highest BCUT2D eigenvalue weighted by Gasteiger charge is 2.35. The van der Waals surface area contributed by atoms with Gasteiger partial charge in [-0.2, -0.15) is 0 Å². The molecule has 8 heteroatoms. The van der Waals surface area contributed by atoms with E-state index in [0.29, 0.717) is 33.3 Å². The third-order valence-corrected chi connectivity index (χ3v) is 6.58. The molecule has 1 atom stereocenters. The molecule has 2 aliphatic rings. The average Bonchev–Trinajstić information content (AvgIpc) is 3.32. The standard InChI is InChI=1S/C21H14ClNO5S/c22-12-4-1-10(2-5-12)17-18-19(29-20(17)21(25)26)13(8-16(24)23-18)11-3-6-14-15(7-11)28-9-27-14/h1-7,13H,8-9H2,(H,23,24)(H,25,26). The van der Waals surface area contributed by atoms with Gasteiger partial charge in [-0.1, -0.05) is 29.8 Å². The van der Waals surface area contributed by atoms with Gasteiger partial charge in [0, 0.05) is 27.8 Å². The van der Waals surface area contributed by atoms with Crippen LogP contribution in [0.2, 0.25) is 5.02 Å². The molecule has 1 aromatic heterocycles. The van der Waals surface area contributed by atoms with Gasteiger partial charge in [-0.05, 0) is 35.4 Å². The van der Waals surface area contributed by atoms with Crippen LogP contribution < -0.4 is 14.8 Å². The van der Waals surface area contributed by atoms with Gasteiger partial charge in [0.05, 0.1) is 5.69 Å². The molecule has 1 amide bonds. The zero-order valence-corrected chi connectivity index (χ0v) is 16.5. The SMILES string of the molecule is O=C1CC(c2ccc3c(c2)OCO3)c2sc(C(=O)O)c(-c3ccc(Cl)cc3)c2N1. The quantitative estimate of drug-likeness (QED) is 0.616. The average molecular weight is 428 g/mol. The van der Waals surface area contributed by atoms with Crippen LogP contribution in [0.4, 0.5) is 5.69 Å². The van der Waals surface area contributed by atoms with Gasteiger partial charge >= 0.3 is 5.97 Å². The molecule has 6 nitrogen and oxygen atoms in total. The van der Waals surface area contributed by atoms with E-state index in [4.69, 9.17) is 21.1 Å². The number of halogens is 1. The first kappa shape index (κ1) is 18.0. The minimum atomic E-state index is -1.03. The molecule has 146 valence electrons. The predicted octanol–water partition coefficient (Wildman–Crippen LogP) is 4.97. The van der Waals surface area contributed by atoms with Crippen molar-refractivity contribution >= 4 is 40.5 Å². The first-order chi connectivity index (χ1) is 14.0. The molecule has 5 rings (SSSR count). The lowest BCUT2D eigenvalue weighted by Gasteiger charge is -2.24. The number of rotatable bonds is 3. The smallest absolute Gasteiger partial charge is 0.346 e. The van der Waals surface area contributed by atoms with Crippen molar-refractivity contribution in [3.05, 3.63) is 62.8 Å². The summed E-state index contributed by atoms with van der Waals surface area (Å²) in [5.41, 5.74) is 2.63. The van der Waals surface area contributed by atoms with E-state index >= 15 is 0 Å². The van der Waals surface area contributed by atoms with Crippen LogP contribution in [0.25, 0.3) is 11.1 Å². The molecule has 0 bridgehead atoms. The number of aromatic carboxylic acids is 1. The van der Waals surface area contributed by atoms with Gasteiger partial charge in [-0.3, -0.25) is 4.79 Å². The van der Waals surface area contributed by atoms with Gasteiger partial charge in [-0.25, -0.2) is 4.79 Å². The first-order valence-electron chi connectivity index (χ1n) is 8.86. The van der Waals surface area contributed by atoms with E-state index in [9.17, 15) is 14.7 Å². The van der Waals surface area contributed by atoms with Gasteiger partial charge in [0.2, 0.25) is 12.7 Å². The van der Waals surface area contributed by atoms with Crippen LogP contribution in [0.5, 0.6) is 11.5 Å². The minimum absolute atomic E-state index is 0.162. The number of thiophene rings is 1. The van der Waals surface area contributed by atoms with E-state index in [1.807, 2.05) is 18.2 Å². The maximum Gasteiger partial charge on any atom is 0.346 e. The highest BCUT2D eigenvalue weighted by molar-refractivity contribution is 7.15. The lowest BCUT2D eigenvalue weighted by molar-refractivity contribution is -0.116. The Bertz CT molecular complexity index is 1150. The Morgan fingerprint density at radius 3 is 2.66 bits per heavy atom. The molecule has 0 aliphatic carbocycles. The van der Waals surface area contributed by atoms with Gasteiger partial charge in [0.15, 0.2) is 11.5 Å². The summed E-state index contributed by atoms with van der Waals surface area (Å²) >= 11 is 7.17. The number of amides is 1. The van der Waals surface area contributed by atoms with Crippen LogP contribution in [0.15, 0.2) is 42.5 Å². The number of carbonyl (C=O) groups is 2. The number of anilines is 1. The summed E-state index contributed by atoms with van der Waals surface area (Å²) in [7, 11) is 0. The van der Waals surface area contributed by atoms with Crippen molar-refractivity contribution in [2.75, 3.05) is 12.1 Å². The van der Waals surface area contributed by atoms with Crippen LogP contribution >= 0.6 is 22.9 Å². The van der Waals surface area contributed by atoms with Crippen molar-refractivity contribution in [1.29, 1.82) is 0 Å². The Labute approximate surface area is 174 Å². The molecular formula is C21H14ClNO5S. The lowest BCUT2D eigenvalue weighted by atomic mass is 9.88. The molecule has 0 spiro atoms. The molecule has 3 heterocycles. The Kier molecular flexibility index (Phi) is 4.22. The molecule has 0 saturated carbocycles. The summed E-state index contributed by atoms with van der Waals surface area (Å²) in [6.45, 7) is 0.165. The number of fused-ring (bicyclic) bond motifs is 2. The molecule has 0 saturated heterocycles. The summed E-state index contributed by atoms with van der Waals surface area (Å²) in [6, 6.07) is 12.5. The van der Waals surface area contributed by atoms with E-state index in [1.165, 1.54) is 11.3 Å².